The first-order valence-electron chi connectivity index (χ1n) is 9.49. The van der Waals surface area contributed by atoms with E-state index in [1.54, 1.807) is 0 Å². The van der Waals surface area contributed by atoms with Crippen molar-refractivity contribution in [2.24, 2.45) is 0 Å². The summed E-state index contributed by atoms with van der Waals surface area (Å²) in [5.74, 6) is 1.49. The SMILES string of the molecule is Cc1cccc(C)c1NC(=O)CSc1nnc(C(C)C)n1CC1CCCO1. The van der Waals surface area contributed by atoms with Gasteiger partial charge in [0.2, 0.25) is 5.91 Å². The zero-order chi connectivity index (χ0) is 19.4. The number of rotatable bonds is 7. The minimum Gasteiger partial charge on any atom is -0.376 e. The minimum atomic E-state index is -0.0323. The lowest BCUT2D eigenvalue weighted by Crippen LogP contribution is -2.19. The Balaban J connectivity index is 1.67. The van der Waals surface area contributed by atoms with Gasteiger partial charge in [0, 0.05) is 18.2 Å². The van der Waals surface area contributed by atoms with Gasteiger partial charge in [0.1, 0.15) is 5.82 Å². The predicted molar refractivity (Wildman–Crippen MR) is 108 cm³/mol. The molecule has 3 rings (SSSR count). The van der Waals surface area contributed by atoms with Gasteiger partial charge in [-0.3, -0.25) is 4.79 Å². The number of hydrogen-bond acceptors (Lipinski definition) is 5. The Kier molecular flexibility index (Phi) is 6.55. The third-order valence-corrected chi connectivity index (χ3v) is 5.72. The second kappa shape index (κ2) is 8.89. The van der Waals surface area contributed by atoms with E-state index >= 15 is 0 Å². The molecule has 1 aliphatic rings. The van der Waals surface area contributed by atoms with Gasteiger partial charge in [0.05, 0.1) is 18.4 Å². The van der Waals surface area contributed by atoms with Crippen molar-refractivity contribution in [3.63, 3.8) is 0 Å². The smallest absolute Gasteiger partial charge is 0.234 e. The van der Waals surface area contributed by atoms with Crippen molar-refractivity contribution in [2.75, 3.05) is 17.7 Å². The number of nitrogens with zero attached hydrogens (tertiary/aromatic N) is 3. The fraction of sp³-hybridized carbons (Fsp3) is 0.550. The number of aromatic nitrogens is 3. The molecule has 1 aromatic heterocycles. The lowest BCUT2D eigenvalue weighted by Gasteiger charge is -2.16. The fourth-order valence-corrected chi connectivity index (χ4v) is 4.07. The first-order chi connectivity index (χ1) is 13.0. The van der Waals surface area contributed by atoms with E-state index in [-0.39, 0.29) is 17.9 Å². The van der Waals surface area contributed by atoms with Crippen molar-refractivity contribution in [1.29, 1.82) is 0 Å². The summed E-state index contributed by atoms with van der Waals surface area (Å²) in [5, 5.41) is 12.5. The van der Waals surface area contributed by atoms with Gasteiger partial charge in [0.25, 0.3) is 0 Å². The molecule has 1 N–H and O–H groups in total. The number of para-hydroxylation sites is 1. The number of hydrogen-bond donors (Lipinski definition) is 1. The van der Waals surface area contributed by atoms with Gasteiger partial charge in [-0.1, -0.05) is 43.8 Å². The van der Waals surface area contributed by atoms with Crippen molar-refractivity contribution >= 4 is 23.4 Å². The molecule has 2 aromatic rings. The highest BCUT2D eigenvalue weighted by atomic mass is 32.2. The lowest BCUT2D eigenvalue weighted by atomic mass is 10.1. The predicted octanol–water partition coefficient (Wildman–Crippen LogP) is 3.93. The lowest BCUT2D eigenvalue weighted by molar-refractivity contribution is -0.113. The van der Waals surface area contributed by atoms with E-state index in [0.29, 0.717) is 5.75 Å². The van der Waals surface area contributed by atoms with Crippen molar-refractivity contribution in [3.8, 4) is 0 Å². The van der Waals surface area contributed by atoms with E-state index in [1.807, 2.05) is 32.0 Å². The summed E-state index contributed by atoms with van der Waals surface area (Å²) in [4.78, 5) is 12.5. The second-order valence-electron chi connectivity index (χ2n) is 7.34. The molecular formula is C20H28N4O2S. The molecule has 1 aromatic carbocycles. The van der Waals surface area contributed by atoms with Crippen LogP contribution in [0.4, 0.5) is 5.69 Å². The number of anilines is 1. The zero-order valence-corrected chi connectivity index (χ0v) is 17.3. The molecule has 27 heavy (non-hydrogen) atoms. The number of thioether (sulfide) groups is 1. The topological polar surface area (TPSA) is 69.0 Å². The molecule has 0 spiro atoms. The van der Waals surface area contributed by atoms with Crippen LogP contribution in [0, 0.1) is 13.8 Å². The van der Waals surface area contributed by atoms with Crippen LogP contribution in [-0.4, -0.2) is 39.1 Å². The van der Waals surface area contributed by atoms with Crippen LogP contribution >= 0.6 is 11.8 Å². The minimum absolute atomic E-state index is 0.0323. The van der Waals surface area contributed by atoms with Crippen molar-refractivity contribution in [3.05, 3.63) is 35.2 Å². The number of nitrogens with one attached hydrogen (secondary N) is 1. The average Bonchev–Trinajstić information content (AvgIpc) is 3.27. The third-order valence-electron chi connectivity index (χ3n) is 4.75. The Morgan fingerprint density at radius 2 is 2.07 bits per heavy atom. The highest BCUT2D eigenvalue weighted by molar-refractivity contribution is 7.99. The maximum atomic E-state index is 12.5. The Hall–Kier alpha value is -1.86. The zero-order valence-electron chi connectivity index (χ0n) is 16.5. The highest BCUT2D eigenvalue weighted by Gasteiger charge is 2.22. The Labute approximate surface area is 165 Å². The normalized spacial score (nSPS) is 16.9. The van der Waals surface area contributed by atoms with E-state index < -0.39 is 0 Å². The maximum Gasteiger partial charge on any atom is 0.234 e. The highest BCUT2D eigenvalue weighted by Crippen LogP contribution is 2.25. The molecule has 1 atom stereocenters. The molecule has 7 heteroatoms. The maximum absolute atomic E-state index is 12.5. The van der Waals surface area contributed by atoms with E-state index in [4.69, 9.17) is 4.74 Å². The summed E-state index contributed by atoms with van der Waals surface area (Å²) in [6.07, 6.45) is 2.37. The quantitative estimate of drug-likeness (QED) is 0.728. The van der Waals surface area contributed by atoms with Crippen molar-refractivity contribution in [1.82, 2.24) is 14.8 Å². The monoisotopic (exact) mass is 388 g/mol. The number of aryl methyl sites for hydroxylation is 2. The van der Waals surface area contributed by atoms with Crippen LogP contribution in [0.2, 0.25) is 0 Å². The van der Waals surface area contributed by atoms with Gasteiger partial charge in [-0.2, -0.15) is 0 Å². The molecule has 0 bridgehead atoms. The van der Waals surface area contributed by atoms with Crippen LogP contribution in [0.3, 0.4) is 0 Å². The molecule has 146 valence electrons. The van der Waals surface area contributed by atoms with Crippen molar-refractivity contribution < 1.29 is 9.53 Å². The standard InChI is InChI=1S/C20H28N4O2S/c1-13(2)19-22-23-20(24(19)11-16-9-6-10-26-16)27-12-17(25)21-18-14(3)7-5-8-15(18)4/h5,7-8,13,16H,6,9-12H2,1-4H3,(H,21,25). The van der Waals surface area contributed by atoms with Crippen LogP contribution < -0.4 is 5.32 Å². The first-order valence-corrected chi connectivity index (χ1v) is 10.5. The van der Waals surface area contributed by atoms with Gasteiger partial charge in [-0.15, -0.1) is 10.2 Å². The largest absolute Gasteiger partial charge is 0.376 e. The summed E-state index contributed by atoms with van der Waals surface area (Å²) in [6.45, 7) is 9.80. The summed E-state index contributed by atoms with van der Waals surface area (Å²) in [6, 6.07) is 6.00. The molecule has 0 saturated carbocycles. The van der Waals surface area contributed by atoms with E-state index in [0.717, 1.165) is 53.8 Å². The summed E-state index contributed by atoms with van der Waals surface area (Å²) < 4.78 is 7.90. The Morgan fingerprint density at radius 1 is 1.33 bits per heavy atom. The number of benzene rings is 1. The third kappa shape index (κ3) is 4.90. The molecule has 6 nitrogen and oxygen atoms in total. The molecule has 1 aliphatic heterocycles. The molecule has 1 saturated heterocycles. The van der Waals surface area contributed by atoms with Crippen LogP contribution in [-0.2, 0) is 16.1 Å². The van der Waals surface area contributed by atoms with Crippen LogP contribution in [0.1, 0.15) is 49.6 Å². The van der Waals surface area contributed by atoms with Crippen molar-refractivity contribution in [2.45, 2.75) is 64.3 Å². The van der Waals surface area contributed by atoms with E-state index in [2.05, 4.69) is 33.9 Å². The van der Waals surface area contributed by atoms with Gasteiger partial charge in [-0.25, -0.2) is 0 Å². The molecular weight excluding hydrogens is 360 g/mol. The van der Waals surface area contributed by atoms with E-state index in [9.17, 15) is 4.79 Å². The molecule has 0 radical (unpaired) electrons. The number of carbonyl (C=O) groups excluding carboxylic acids is 1. The summed E-state index contributed by atoms with van der Waals surface area (Å²) in [7, 11) is 0. The fourth-order valence-electron chi connectivity index (χ4n) is 3.31. The average molecular weight is 389 g/mol. The molecule has 1 fully saturated rings. The van der Waals surface area contributed by atoms with Gasteiger partial charge >= 0.3 is 0 Å². The summed E-state index contributed by atoms with van der Waals surface area (Å²) in [5.41, 5.74) is 3.03. The van der Waals surface area contributed by atoms with Crippen LogP contribution in [0.5, 0.6) is 0 Å². The van der Waals surface area contributed by atoms with Gasteiger partial charge in [0.15, 0.2) is 5.16 Å². The number of amides is 1. The number of carbonyl (C=O) groups is 1. The molecule has 0 aliphatic carbocycles. The molecule has 1 amide bonds. The van der Waals surface area contributed by atoms with Crippen LogP contribution in [0.15, 0.2) is 23.4 Å². The van der Waals surface area contributed by atoms with Gasteiger partial charge in [-0.05, 0) is 37.8 Å². The van der Waals surface area contributed by atoms with Crippen LogP contribution in [0.25, 0.3) is 0 Å². The Bertz CT molecular complexity index is 777. The number of ether oxygens (including phenoxy) is 1. The molecule has 2 heterocycles. The summed E-state index contributed by atoms with van der Waals surface area (Å²) >= 11 is 1.43. The second-order valence-corrected chi connectivity index (χ2v) is 8.29. The Morgan fingerprint density at radius 3 is 2.70 bits per heavy atom. The molecule has 1 unspecified atom stereocenters. The van der Waals surface area contributed by atoms with Gasteiger partial charge < -0.3 is 14.6 Å². The first kappa shape index (κ1) is 19.9. The van der Waals surface area contributed by atoms with E-state index in [1.165, 1.54) is 11.8 Å².